The molecule has 0 aromatic rings. The van der Waals surface area contributed by atoms with Gasteiger partial charge in [0, 0.05) is 0 Å². The Balaban J connectivity index is 1.95. The van der Waals surface area contributed by atoms with E-state index in [9.17, 15) is 5.11 Å². The van der Waals surface area contributed by atoms with Crippen LogP contribution < -0.4 is 0 Å². The van der Waals surface area contributed by atoms with Gasteiger partial charge in [-0.3, -0.25) is 0 Å². The van der Waals surface area contributed by atoms with Gasteiger partial charge >= 0.3 is 0 Å². The molecule has 39 heavy (non-hydrogen) atoms. The lowest BCUT2D eigenvalue weighted by molar-refractivity contribution is 0.116. The standard InChI is InChI=1S/C38H54O/c1-28(14-11-16-30(3)21-23-35-32(5)18-13-25-37(35,7)8)19-20-29(2)15-12-17-31(4)22-24-36-33(6)26-34(39)27-38(36,9)10/h11-12,14-17,19-24,34,39H,13,18,25-27H2,1-10H3/t34-/m1/s1. The molecule has 212 valence electrons. The zero-order valence-electron chi connectivity index (χ0n) is 26.5. The van der Waals surface area contributed by atoms with E-state index in [0.717, 1.165) is 12.8 Å². The summed E-state index contributed by atoms with van der Waals surface area (Å²) >= 11 is 0. The Morgan fingerprint density at radius 1 is 0.667 bits per heavy atom. The van der Waals surface area contributed by atoms with Crippen LogP contribution in [-0.4, -0.2) is 11.2 Å². The van der Waals surface area contributed by atoms with Crippen LogP contribution in [0.1, 0.15) is 101 Å². The van der Waals surface area contributed by atoms with Crippen LogP contribution in [0.2, 0.25) is 0 Å². The third kappa shape index (κ3) is 10.8. The molecule has 0 aromatic carbocycles. The third-order valence-corrected chi connectivity index (χ3v) is 8.09. The van der Waals surface area contributed by atoms with Crippen molar-refractivity contribution >= 4 is 0 Å². The summed E-state index contributed by atoms with van der Waals surface area (Å²) in [5, 5.41) is 10.1. The van der Waals surface area contributed by atoms with E-state index in [-0.39, 0.29) is 16.9 Å². The number of hydrogen-bond acceptors (Lipinski definition) is 1. The van der Waals surface area contributed by atoms with Crippen molar-refractivity contribution in [2.24, 2.45) is 10.8 Å². The van der Waals surface area contributed by atoms with E-state index in [1.54, 1.807) is 5.57 Å². The van der Waals surface area contributed by atoms with Crippen LogP contribution in [0, 0.1) is 10.8 Å². The van der Waals surface area contributed by atoms with Crippen molar-refractivity contribution < 1.29 is 5.11 Å². The van der Waals surface area contributed by atoms with E-state index in [2.05, 4.69) is 142 Å². The molecule has 0 amide bonds. The van der Waals surface area contributed by atoms with E-state index in [1.807, 2.05) is 0 Å². The Kier molecular flexibility index (Phi) is 12.2. The largest absolute Gasteiger partial charge is 0.393 e. The molecule has 0 saturated carbocycles. The molecule has 0 heterocycles. The second-order valence-electron chi connectivity index (χ2n) is 13.1. The molecule has 0 aromatic heterocycles. The molecule has 2 rings (SSSR count). The van der Waals surface area contributed by atoms with Gasteiger partial charge in [0.25, 0.3) is 0 Å². The van der Waals surface area contributed by atoms with Crippen LogP contribution in [0.5, 0.6) is 0 Å². The molecule has 0 unspecified atom stereocenters. The van der Waals surface area contributed by atoms with Crippen LogP contribution in [0.3, 0.4) is 0 Å². The summed E-state index contributed by atoms with van der Waals surface area (Å²) in [5.74, 6) is 0. The van der Waals surface area contributed by atoms with Gasteiger partial charge in [-0.25, -0.2) is 0 Å². The van der Waals surface area contributed by atoms with Crippen molar-refractivity contribution in [3.8, 4) is 0 Å². The summed E-state index contributed by atoms with van der Waals surface area (Å²) in [4.78, 5) is 0. The molecule has 1 heteroatoms. The minimum Gasteiger partial charge on any atom is -0.393 e. The number of hydrogen-bond donors (Lipinski definition) is 1. The first-order valence-corrected chi connectivity index (χ1v) is 14.7. The Bertz CT molecular complexity index is 1170. The Morgan fingerprint density at radius 2 is 1.13 bits per heavy atom. The fraction of sp³-hybridized carbons (Fsp3) is 0.474. The van der Waals surface area contributed by atoms with Gasteiger partial charge in [0.05, 0.1) is 6.10 Å². The first-order chi connectivity index (χ1) is 18.2. The fourth-order valence-corrected chi connectivity index (χ4v) is 5.81. The van der Waals surface area contributed by atoms with E-state index >= 15 is 0 Å². The van der Waals surface area contributed by atoms with Crippen molar-refractivity contribution in [1.29, 1.82) is 0 Å². The van der Waals surface area contributed by atoms with Crippen molar-refractivity contribution in [2.75, 3.05) is 0 Å². The monoisotopic (exact) mass is 526 g/mol. The number of aliphatic hydroxyl groups excluding tert-OH is 1. The lowest BCUT2D eigenvalue weighted by Gasteiger charge is -2.35. The predicted molar refractivity (Wildman–Crippen MR) is 174 cm³/mol. The van der Waals surface area contributed by atoms with Gasteiger partial charge in [-0.05, 0) is 95.6 Å². The lowest BCUT2D eigenvalue weighted by atomic mass is 9.71. The highest BCUT2D eigenvalue weighted by Gasteiger charge is 2.31. The van der Waals surface area contributed by atoms with Gasteiger partial charge in [-0.1, -0.05) is 134 Å². The SMILES string of the molecule is CC(C=CC1=C(C)CCCC1(C)C)=CC=CC(C)=CC=C(C)C=CC=C(C)C=CC1=C(C)C[C@@H](O)CC1(C)C. The van der Waals surface area contributed by atoms with Gasteiger partial charge in [0.1, 0.15) is 0 Å². The molecular weight excluding hydrogens is 472 g/mol. The molecule has 1 N–H and O–H groups in total. The van der Waals surface area contributed by atoms with Gasteiger partial charge in [0.2, 0.25) is 0 Å². The van der Waals surface area contributed by atoms with E-state index in [4.69, 9.17) is 0 Å². The smallest absolute Gasteiger partial charge is 0.0585 e. The number of rotatable bonds is 9. The highest BCUT2D eigenvalue weighted by Crippen LogP contribution is 2.41. The molecule has 0 fully saturated rings. The average molecular weight is 527 g/mol. The second kappa shape index (κ2) is 14.7. The minimum absolute atomic E-state index is 0.0145. The van der Waals surface area contributed by atoms with Crippen molar-refractivity contribution in [2.45, 2.75) is 107 Å². The molecule has 1 atom stereocenters. The predicted octanol–water partition coefficient (Wildman–Crippen LogP) is 11.0. The van der Waals surface area contributed by atoms with Gasteiger partial charge in [-0.15, -0.1) is 0 Å². The normalized spacial score (nSPS) is 23.9. The minimum atomic E-state index is -0.219. The molecule has 0 saturated heterocycles. The summed E-state index contributed by atoms with van der Waals surface area (Å²) < 4.78 is 0. The van der Waals surface area contributed by atoms with Gasteiger partial charge < -0.3 is 5.11 Å². The van der Waals surface area contributed by atoms with E-state index < -0.39 is 0 Å². The summed E-state index contributed by atoms with van der Waals surface area (Å²) in [6.07, 6.45) is 31.4. The lowest BCUT2D eigenvalue weighted by Crippen LogP contribution is -2.28. The van der Waals surface area contributed by atoms with Crippen LogP contribution >= 0.6 is 0 Å². The number of allylic oxidation sites excluding steroid dienone is 19. The fourth-order valence-electron chi connectivity index (χ4n) is 5.81. The maximum atomic E-state index is 10.1. The second-order valence-corrected chi connectivity index (χ2v) is 13.1. The topological polar surface area (TPSA) is 20.2 Å². The third-order valence-electron chi connectivity index (χ3n) is 8.09. The summed E-state index contributed by atoms with van der Waals surface area (Å²) in [6.45, 7) is 22.2. The summed E-state index contributed by atoms with van der Waals surface area (Å²) in [6, 6.07) is 0. The van der Waals surface area contributed by atoms with Crippen LogP contribution in [0.4, 0.5) is 0 Å². The van der Waals surface area contributed by atoms with E-state index in [1.165, 1.54) is 58.3 Å². The molecule has 0 bridgehead atoms. The quantitative estimate of drug-likeness (QED) is 0.296. The van der Waals surface area contributed by atoms with Gasteiger partial charge in [0.15, 0.2) is 0 Å². The first kappa shape index (κ1) is 32.6. The Morgan fingerprint density at radius 3 is 1.59 bits per heavy atom. The average Bonchev–Trinajstić information content (AvgIpc) is 2.80. The molecule has 2 aliphatic rings. The van der Waals surface area contributed by atoms with Crippen molar-refractivity contribution in [1.82, 2.24) is 0 Å². The molecule has 2 aliphatic carbocycles. The molecule has 0 aliphatic heterocycles. The highest BCUT2D eigenvalue weighted by atomic mass is 16.3. The molecule has 0 radical (unpaired) electrons. The zero-order valence-corrected chi connectivity index (χ0v) is 26.5. The van der Waals surface area contributed by atoms with Gasteiger partial charge in [-0.2, -0.15) is 0 Å². The van der Waals surface area contributed by atoms with Crippen LogP contribution in [-0.2, 0) is 0 Å². The Hall–Kier alpha value is -2.64. The summed E-state index contributed by atoms with van der Waals surface area (Å²) in [5.41, 5.74) is 10.9. The van der Waals surface area contributed by atoms with Crippen LogP contribution in [0.15, 0.2) is 117 Å². The molecule has 0 spiro atoms. The van der Waals surface area contributed by atoms with Crippen molar-refractivity contribution in [3.05, 3.63) is 117 Å². The molecule has 1 nitrogen and oxygen atoms in total. The van der Waals surface area contributed by atoms with Crippen LogP contribution in [0.25, 0.3) is 0 Å². The maximum Gasteiger partial charge on any atom is 0.0585 e. The van der Waals surface area contributed by atoms with Crippen molar-refractivity contribution in [3.63, 3.8) is 0 Å². The maximum absolute atomic E-state index is 10.1. The summed E-state index contributed by atoms with van der Waals surface area (Å²) in [7, 11) is 0. The first-order valence-electron chi connectivity index (χ1n) is 14.7. The highest BCUT2D eigenvalue weighted by molar-refractivity contribution is 5.39. The Labute approximate surface area is 240 Å². The number of aliphatic hydroxyl groups is 1. The molecular formula is C38H54O. The van der Waals surface area contributed by atoms with E-state index in [0.29, 0.717) is 0 Å². The zero-order chi connectivity index (χ0) is 29.2.